The number of hydrogen-bond donors (Lipinski definition) is 2. The minimum Gasteiger partial charge on any atom is -0.387 e. The van der Waals surface area contributed by atoms with Gasteiger partial charge in [-0.1, -0.05) is 23.7 Å². The number of nitrogens with one attached hydrogen (secondary N) is 1. The molecular weight excluding hydrogens is 250 g/mol. The van der Waals surface area contributed by atoms with Gasteiger partial charge in [0.15, 0.2) is 0 Å². The molecule has 0 heterocycles. The van der Waals surface area contributed by atoms with Gasteiger partial charge < -0.3 is 15.2 Å². The molecule has 1 aliphatic rings. The van der Waals surface area contributed by atoms with Crippen LogP contribution >= 0.6 is 11.6 Å². The van der Waals surface area contributed by atoms with Gasteiger partial charge in [-0.15, -0.1) is 0 Å². The fraction of sp³-hybridized carbons (Fsp3) is 0.571. The van der Waals surface area contributed by atoms with Gasteiger partial charge in [-0.3, -0.25) is 0 Å². The quantitative estimate of drug-likeness (QED) is 0.863. The molecule has 3 unspecified atom stereocenters. The molecule has 3 atom stereocenters. The summed E-state index contributed by atoms with van der Waals surface area (Å²) in [5, 5.41) is 14.1. The van der Waals surface area contributed by atoms with E-state index in [1.54, 1.807) is 19.2 Å². The Kier molecular flexibility index (Phi) is 5.01. The van der Waals surface area contributed by atoms with Gasteiger partial charge in [-0.2, -0.15) is 0 Å². The minimum absolute atomic E-state index is 0.371. The molecule has 0 amide bonds. The van der Waals surface area contributed by atoms with Gasteiger partial charge in [-0.25, -0.2) is 0 Å². The Balaban J connectivity index is 1.78. The first-order chi connectivity index (χ1) is 8.69. The maximum absolute atomic E-state index is 10.1. The molecular formula is C14H20ClNO2. The van der Waals surface area contributed by atoms with Gasteiger partial charge in [0.2, 0.25) is 0 Å². The number of ether oxygens (including phenoxy) is 1. The fourth-order valence-corrected chi connectivity index (χ4v) is 2.55. The van der Waals surface area contributed by atoms with Gasteiger partial charge in [0.25, 0.3) is 0 Å². The van der Waals surface area contributed by atoms with Crippen LogP contribution in [0.25, 0.3) is 0 Å². The highest BCUT2D eigenvalue weighted by Gasteiger charge is 2.24. The van der Waals surface area contributed by atoms with E-state index in [0.29, 0.717) is 23.7 Å². The van der Waals surface area contributed by atoms with Crippen LogP contribution in [0.5, 0.6) is 0 Å². The van der Waals surface area contributed by atoms with E-state index in [9.17, 15) is 5.11 Å². The molecule has 1 aromatic rings. The molecule has 3 nitrogen and oxygen atoms in total. The number of hydrogen-bond acceptors (Lipinski definition) is 3. The molecule has 1 aromatic carbocycles. The Morgan fingerprint density at radius 3 is 2.72 bits per heavy atom. The number of aliphatic hydroxyl groups excluding tert-OH is 1. The van der Waals surface area contributed by atoms with Crippen LogP contribution in [0.3, 0.4) is 0 Å². The molecule has 0 radical (unpaired) electrons. The highest BCUT2D eigenvalue weighted by molar-refractivity contribution is 6.30. The predicted molar refractivity (Wildman–Crippen MR) is 72.9 cm³/mol. The Labute approximate surface area is 113 Å². The van der Waals surface area contributed by atoms with Gasteiger partial charge >= 0.3 is 0 Å². The van der Waals surface area contributed by atoms with E-state index >= 15 is 0 Å². The summed E-state index contributed by atoms with van der Waals surface area (Å²) in [5.74, 6) is 0. The first-order valence-electron chi connectivity index (χ1n) is 6.38. The monoisotopic (exact) mass is 269 g/mol. The summed E-state index contributed by atoms with van der Waals surface area (Å²) in [6.07, 6.45) is 3.14. The summed E-state index contributed by atoms with van der Waals surface area (Å²) >= 11 is 5.82. The molecule has 1 aliphatic carbocycles. The largest absolute Gasteiger partial charge is 0.387 e. The molecule has 2 N–H and O–H groups in total. The van der Waals surface area contributed by atoms with Crippen molar-refractivity contribution in [1.82, 2.24) is 5.32 Å². The van der Waals surface area contributed by atoms with Crippen molar-refractivity contribution in [2.24, 2.45) is 0 Å². The number of benzene rings is 1. The average molecular weight is 270 g/mol. The lowest BCUT2D eigenvalue weighted by molar-refractivity contribution is 0.105. The van der Waals surface area contributed by atoms with E-state index in [1.165, 1.54) is 0 Å². The number of halogens is 1. The summed E-state index contributed by atoms with van der Waals surface area (Å²) in [7, 11) is 1.76. The number of methoxy groups -OCH3 is 1. The topological polar surface area (TPSA) is 41.5 Å². The van der Waals surface area contributed by atoms with Crippen molar-refractivity contribution in [1.29, 1.82) is 0 Å². The third-order valence-corrected chi connectivity index (χ3v) is 3.82. The highest BCUT2D eigenvalue weighted by Crippen LogP contribution is 2.22. The van der Waals surface area contributed by atoms with Gasteiger partial charge in [-0.05, 0) is 37.0 Å². The molecule has 100 valence electrons. The first-order valence-corrected chi connectivity index (χ1v) is 6.76. The molecule has 1 saturated carbocycles. The molecule has 0 aromatic heterocycles. The van der Waals surface area contributed by atoms with E-state index < -0.39 is 6.10 Å². The van der Waals surface area contributed by atoms with Crippen molar-refractivity contribution < 1.29 is 9.84 Å². The zero-order valence-corrected chi connectivity index (χ0v) is 11.4. The molecule has 2 rings (SSSR count). The Morgan fingerprint density at radius 1 is 1.39 bits per heavy atom. The van der Waals surface area contributed by atoms with E-state index in [0.717, 1.165) is 24.8 Å². The van der Waals surface area contributed by atoms with Crippen molar-refractivity contribution in [3.8, 4) is 0 Å². The molecule has 1 fully saturated rings. The summed E-state index contributed by atoms with van der Waals surface area (Å²) in [6, 6.07) is 7.78. The summed E-state index contributed by atoms with van der Waals surface area (Å²) < 4.78 is 5.33. The SMILES string of the molecule is COC1CCC(NCC(O)c2ccc(Cl)cc2)C1. The Bertz CT molecular complexity index is 369. The van der Waals surface area contributed by atoms with E-state index in [-0.39, 0.29) is 0 Å². The smallest absolute Gasteiger partial charge is 0.0914 e. The summed E-state index contributed by atoms with van der Waals surface area (Å²) in [6.45, 7) is 0.572. The van der Waals surface area contributed by atoms with Crippen LogP contribution in [-0.2, 0) is 4.74 Å². The Hall–Kier alpha value is -0.610. The van der Waals surface area contributed by atoms with Gasteiger partial charge in [0.05, 0.1) is 12.2 Å². The zero-order valence-electron chi connectivity index (χ0n) is 10.6. The van der Waals surface area contributed by atoms with Crippen molar-refractivity contribution in [2.75, 3.05) is 13.7 Å². The summed E-state index contributed by atoms with van der Waals surface area (Å²) in [5.41, 5.74) is 0.896. The predicted octanol–water partition coefficient (Wildman–Crippen LogP) is 2.53. The maximum atomic E-state index is 10.1. The molecule has 0 aliphatic heterocycles. The van der Waals surface area contributed by atoms with Crippen LogP contribution < -0.4 is 5.32 Å². The second-order valence-electron chi connectivity index (χ2n) is 4.84. The standard InChI is InChI=1S/C14H20ClNO2/c1-18-13-7-6-12(8-13)16-9-14(17)10-2-4-11(15)5-3-10/h2-5,12-14,16-17H,6-9H2,1H3. The van der Waals surface area contributed by atoms with E-state index in [4.69, 9.17) is 16.3 Å². The maximum Gasteiger partial charge on any atom is 0.0914 e. The van der Waals surface area contributed by atoms with Crippen LogP contribution in [0.2, 0.25) is 5.02 Å². The zero-order chi connectivity index (χ0) is 13.0. The minimum atomic E-state index is -0.483. The van der Waals surface area contributed by atoms with Crippen molar-refractivity contribution in [2.45, 2.75) is 37.5 Å². The van der Waals surface area contributed by atoms with Crippen LogP contribution in [0.1, 0.15) is 30.9 Å². The first kappa shape index (κ1) is 13.8. The van der Waals surface area contributed by atoms with Crippen molar-refractivity contribution in [3.05, 3.63) is 34.9 Å². The van der Waals surface area contributed by atoms with E-state index in [1.807, 2.05) is 12.1 Å². The van der Waals surface area contributed by atoms with Crippen LogP contribution in [0, 0.1) is 0 Å². The fourth-order valence-electron chi connectivity index (χ4n) is 2.42. The van der Waals surface area contributed by atoms with Gasteiger partial charge in [0, 0.05) is 24.7 Å². The lowest BCUT2D eigenvalue weighted by Crippen LogP contribution is -2.31. The molecule has 18 heavy (non-hydrogen) atoms. The third-order valence-electron chi connectivity index (χ3n) is 3.57. The molecule has 0 saturated heterocycles. The van der Waals surface area contributed by atoms with Crippen LogP contribution in [-0.4, -0.2) is 30.9 Å². The van der Waals surface area contributed by atoms with Crippen LogP contribution in [0.4, 0.5) is 0 Å². The molecule has 0 spiro atoms. The summed E-state index contributed by atoms with van der Waals surface area (Å²) in [4.78, 5) is 0. The molecule has 0 bridgehead atoms. The number of aliphatic hydroxyl groups is 1. The third kappa shape index (κ3) is 3.69. The van der Waals surface area contributed by atoms with Gasteiger partial charge in [0.1, 0.15) is 0 Å². The van der Waals surface area contributed by atoms with Crippen molar-refractivity contribution in [3.63, 3.8) is 0 Å². The lowest BCUT2D eigenvalue weighted by Gasteiger charge is -2.17. The van der Waals surface area contributed by atoms with Crippen molar-refractivity contribution >= 4 is 11.6 Å². The molecule has 4 heteroatoms. The highest BCUT2D eigenvalue weighted by atomic mass is 35.5. The Morgan fingerprint density at radius 2 is 2.11 bits per heavy atom. The van der Waals surface area contributed by atoms with E-state index in [2.05, 4.69) is 5.32 Å². The normalized spacial score (nSPS) is 25.3. The second kappa shape index (κ2) is 6.53. The second-order valence-corrected chi connectivity index (χ2v) is 5.28. The number of rotatable bonds is 5. The van der Waals surface area contributed by atoms with Crippen LogP contribution in [0.15, 0.2) is 24.3 Å². The average Bonchev–Trinajstić information content (AvgIpc) is 2.85. The lowest BCUT2D eigenvalue weighted by atomic mass is 10.1.